The summed E-state index contributed by atoms with van der Waals surface area (Å²) >= 11 is 0. The SMILES string of the molecule is CCC1CCC(c2noc(CC(C)(C)N)n2)C1. The largest absolute Gasteiger partial charge is 0.339 e. The highest BCUT2D eigenvalue weighted by Crippen LogP contribution is 2.38. The van der Waals surface area contributed by atoms with Crippen LogP contribution in [0.25, 0.3) is 0 Å². The molecule has 1 fully saturated rings. The van der Waals surface area contributed by atoms with Gasteiger partial charge in [0.05, 0.1) is 0 Å². The van der Waals surface area contributed by atoms with Crippen LogP contribution in [0.3, 0.4) is 0 Å². The van der Waals surface area contributed by atoms with Crippen molar-refractivity contribution in [1.82, 2.24) is 10.1 Å². The van der Waals surface area contributed by atoms with Crippen LogP contribution in [0, 0.1) is 5.92 Å². The Morgan fingerprint density at radius 3 is 2.76 bits per heavy atom. The molecule has 1 aliphatic carbocycles. The molecule has 96 valence electrons. The molecule has 0 aliphatic heterocycles. The smallest absolute Gasteiger partial charge is 0.228 e. The Morgan fingerprint density at radius 1 is 1.41 bits per heavy atom. The van der Waals surface area contributed by atoms with Gasteiger partial charge in [-0.15, -0.1) is 0 Å². The second-order valence-electron chi connectivity index (χ2n) is 6.00. The zero-order valence-corrected chi connectivity index (χ0v) is 11.1. The van der Waals surface area contributed by atoms with Crippen LogP contribution in [-0.4, -0.2) is 15.7 Å². The van der Waals surface area contributed by atoms with Crippen molar-refractivity contribution in [1.29, 1.82) is 0 Å². The van der Waals surface area contributed by atoms with Crippen LogP contribution in [-0.2, 0) is 6.42 Å². The van der Waals surface area contributed by atoms with Crippen LogP contribution < -0.4 is 5.73 Å². The fourth-order valence-electron chi connectivity index (χ4n) is 2.58. The summed E-state index contributed by atoms with van der Waals surface area (Å²) in [6.07, 6.45) is 5.61. The van der Waals surface area contributed by atoms with Crippen LogP contribution in [0.2, 0.25) is 0 Å². The highest BCUT2D eigenvalue weighted by molar-refractivity contribution is 5.01. The quantitative estimate of drug-likeness (QED) is 0.874. The summed E-state index contributed by atoms with van der Waals surface area (Å²) < 4.78 is 5.28. The van der Waals surface area contributed by atoms with E-state index < -0.39 is 0 Å². The van der Waals surface area contributed by atoms with E-state index in [9.17, 15) is 0 Å². The van der Waals surface area contributed by atoms with Crippen molar-refractivity contribution in [3.05, 3.63) is 11.7 Å². The molecular weight excluding hydrogens is 214 g/mol. The zero-order valence-electron chi connectivity index (χ0n) is 11.1. The highest BCUT2D eigenvalue weighted by atomic mass is 16.5. The fourth-order valence-corrected chi connectivity index (χ4v) is 2.58. The average molecular weight is 237 g/mol. The van der Waals surface area contributed by atoms with E-state index in [1.165, 1.54) is 25.7 Å². The van der Waals surface area contributed by atoms with Gasteiger partial charge in [0.25, 0.3) is 0 Å². The highest BCUT2D eigenvalue weighted by Gasteiger charge is 2.28. The molecule has 0 radical (unpaired) electrons. The molecule has 1 aromatic heterocycles. The normalized spacial score (nSPS) is 25.4. The molecule has 0 saturated heterocycles. The fraction of sp³-hybridized carbons (Fsp3) is 0.846. The van der Waals surface area contributed by atoms with Gasteiger partial charge in [0.2, 0.25) is 5.89 Å². The second-order valence-corrected chi connectivity index (χ2v) is 6.00. The van der Waals surface area contributed by atoms with Gasteiger partial charge in [0.1, 0.15) is 0 Å². The summed E-state index contributed by atoms with van der Waals surface area (Å²) in [5, 5.41) is 4.11. The van der Waals surface area contributed by atoms with Gasteiger partial charge >= 0.3 is 0 Å². The van der Waals surface area contributed by atoms with Gasteiger partial charge in [-0.1, -0.05) is 18.5 Å². The monoisotopic (exact) mass is 237 g/mol. The summed E-state index contributed by atoms with van der Waals surface area (Å²) in [5.74, 6) is 2.90. The van der Waals surface area contributed by atoms with E-state index in [-0.39, 0.29) is 5.54 Å². The zero-order chi connectivity index (χ0) is 12.5. The van der Waals surface area contributed by atoms with Gasteiger partial charge in [-0.25, -0.2) is 0 Å². The summed E-state index contributed by atoms with van der Waals surface area (Å²) in [7, 11) is 0. The van der Waals surface area contributed by atoms with Crippen LogP contribution in [0.4, 0.5) is 0 Å². The van der Waals surface area contributed by atoms with Gasteiger partial charge in [-0.05, 0) is 39.0 Å². The van der Waals surface area contributed by atoms with Crippen LogP contribution in [0.1, 0.15) is 64.1 Å². The molecule has 2 atom stereocenters. The van der Waals surface area contributed by atoms with E-state index >= 15 is 0 Å². The van der Waals surface area contributed by atoms with Crippen molar-refractivity contribution < 1.29 is 4.52 Å². The molecule has 0 amide bonds. The van der Waals surface area contributed by atoms with Gasteiger partial charge in [0.15, 0.2) is 5.82 Å². The first kappa shape index (κ1) is 12.6. The molecule has 4 heteroatoms. The lowest BCUT2D eigenvalue weighted by Gasteiger charge is -2.14. The van der Waals surface area contributed by atoms with Crippen LogP contribution in [0.15, 0.2) is 4.52 Å². The molecule has 1 aliphatic rings. The molecular formula is C13H23N3O. The third kappa shape index (κ3) is 3.28. The third-order valence-electron chi connectivity index (χ3n) is 3.57. The third-order valence-corrected chi connectivity index (χ3v) is 3.57. The average Bonchev–Trinajstić information content (AvgIpc) is 2.82. The number of nitrogens with two attached hydrogens (primary N) is 1. The van der Waals surface area contributed by atoms with Gasteiger partial charge in [-0.3, -0.25) is 0 Å². The second kappa shape index (κ2) is 4.77. The van der Waals surface area contributed by atoms with Gasteiger partial charge in [-0.2, -0.15) is 4.98 Å². The molecule has 4 nitrogen and oxygen atoms in total. The van der Waals surface area contributed by atoms with Crippen molar-refractivity contribution in [2.45, 2.75) is 64.3 Å². The summed E-state index contributed by atoms with van der Waals surface area (Å²) in [4.78, 5) is 4.49. The van der Waals surface area contributed by atoms with Gasteiger partial charge < -0.3 is 10.3 Å². The molecule has 17 heavy (non-hydrogen) atoms. The topological polar surface area (TPSA) is 64.9 Å². The van der Waals surface area contributed by atoms with E-state index in [2.05, 4.69) is 17.1 Å². The minimum Gasteiger partial charge on any atom is -0.339 e. The van der Waals surface area contributed by atoms with Crippen molar-refractivity contribution in [3.8, 4) is 0 Å². The van der Waals surface area contributed by atoms with Crippen LogP contribution >= 0.6 is 0 Å². The Balaban J connectivity index is 1.99. The Hall–Kier alpha value is -0.900. The molecule has 2 rings (SSSR count). The molecule has 0 aromatic carbocycles. The maximum absolute atomic E-state index is 5.95. The summed E-state index contributed by atoms with van der Waals surface area (Å²) in [6.45, 7) is 6.20. The lowest BCUT2D eigenvalue weighted by Crippen LogP contribution is -2.34. The van der Waals surface area contributed by atoms with E-state index in [1.54, 1.807) is 0 Å². The molecule has 1 saturated carbocycles. The first-order valence-electron chi connectivity index (χ1n) is 6.59. The lowest BCUT2D eigenvalue weighted by molar-refractivity contribution is 0.342. The van der Waals surface area contributed by atoms with Crippen molar-refractivity contribution >= 4 is 0 Å². The first-order valence-corrected chi connectivity index (χ1v) is 6.59. The number of hydrogen-bond donors (Lipinski definition) is 1. The molecule has 1 aromatic rings. The number of nitrogens with zero attached hydrogens (tertiary/aromatic N) is 2. The lowest BCUT2D eigenvalue weighted by atomic mass is 10.0. The van der Waals surface area contributed by atoms with Crippen molar-refractivity contribution in [3.63, 3.8) is 0 Å². The van der Waals surface area contributed by atoms with E-state index in [0.29, 0.717) is 18.2 Å². The molecule has 0 bridgehead atoms. The Bertz CT molecular complexity index is 367. The van der Waals surface area contributed by atoms with Crippen LogP contribution in [0.5, 0.6) is 0 Å². The predicted molar refractivity (Wildman–Crippen MR) is 66.6 cm³/mol. The number of aromatic nitrogens is 2. The number of rotatable bonds is 4. The predicted octanol–water partition coefficient (Wildman–Crippen LogP) is 2.64. The summed E-state index contributed by atoms with van der Waals surface area (Å²) in [6, 6.07) is 0. The molecule has 2 unspecified atom stereocenters. The van der Waals surface area contributed by atoms with Gasteiger partial charge in [0, 0.05) is 17.9 Å². The van der Waals surface area contributed by atoms with E-state index in [1.807, 2.05) is 13.8 Å². The molecule has 0 spiro atoms. The van der Waals surface area contributed by atoms with E-state index in [0.717, 1.165) is 11.7 Å². The standard InChI is InChI=1S/C13H23N3O/c1-4-9-5-6-10(7-9)12-15-11(17-16-12)8-13(2,3)14/h9-10H,4-8,14H2,1-3H3. The minimum absolute atomic E-state index is 0.286. The minimum atomic E-state index is -0.286. The first-order chi connectivity index (χ1) is 7.98. The van der Waals surface area contributed by atoms with Crippen molar-refractivity contribution in [2.24, 2.45) is 11.7 Å². The van der Waals surface area contributed by atoms with Crippen molar-refractivity contribution in [2.75, 3.05) is 0 Å². The maximum atomic E-state index is 5.95. The Morgan fingerprint density at radius 2 is 2.18 bits per heavy atom. The Labute approximate surface area is 103 Å². The maximum Gasteiger partial charge on any atom is 0.228 e. The molecule has 1 heterocycles. The van der Waals surface area contributed by atoms with E-state index in [4.69, 9.17) is 10.3 Å². The molecule has 2 N–H and O–H groups in total. The summed E-state index contributed by atoms with van der Waals surface area (Å²) in [5.41, 5.74) is 5.66. The number of hydrogen-bond acceptors (Lipinski definition) is 4. The Kier molecular flexibility index (Phi) is 3.52.